The first-order valence-corrected chi connectivity index (χ1v) is 10.8. The number of hydrogen-bond acceptors (Lipinski definition) is 0. The topological polar surface area (TPSA) is 0 Å². The number of benzene rings is 3. The number of rotatable bonds is 5. The fraction of sp³-hybridized carbons (Fsp3) is 0.385. The molecule has 0 aliphatic heterocycles. The Labute approximate surface area is 174 Å². The number of halogens is 4. The van der Waals surface area contributed by atoms with Crippen molar-refractivity contribution in [2.24, 2.45) is 5.92 Å². The van der Waals surface area contributed by atoms with Gasteiger partial charge < -0.3 is 0 Å². The van der Waals surface area contributed by atoms with Gasteiger partial charge in [0.15, 0.2) is 17.5 Å². The minimum atomic E-state index is -1.48. The molecule has 1 saturated carbocycles. The Morgan fingerprint density at radius 1 is 0.767 bits per heavy atom. The molecule has 0 atom stereocenters. The highest BCUT2D eigenvalue weighted by Crippen LogP contribution is 2.38. The average Bonchev–Trinajstić information content (AvgIpc) is 2.76. The highest BCUT2D eigenvalue weighted by molar-refractivity contribution is 5.84. The monoisotopic (exact) mass is 414 g/mol. The third-order valence-electron chi connectivity index (χ3n) is 6.68. The second kappa shape index (κ2) is 8.79. The van der Waals surface area contributed by atoms with Gasteiger partial charge in [-0.25, -0.2) is 17.6 Å². The van der Waals surface area contributed by atoms with E-state index in [1.54, 1.807) is 6.07 Å². The van der Waals surface area contributed by atoms with Crippen LogP contribution in [-0.4, -0.2) is 0 Å². The van der Waals surface area contributed by atoms with Gasteiger partial charge in [0.1, 0.15) is 5.82 Å². The Morgan fingerprint density at radius 3 is 2.13 bits per heavy atom. The van der Waals surface area contributed by atoms with Crippen molar-refractivity contribution in [1.29, 1.82) is 0 Å². The molecule has 0 amide bonds. The molecule has 1 aliphatic rings. The maximum absolute atomic E-state index is 15.1. The second-order valence-electron chi connectivity index (χ2n) is 8.52. The van der Waals surface area contributed by atoms with Gasteiger partial charge in [0.2, 0.25) is 0 Å². The zero-order chi connectivity index (χ0) is 21.3. The normalized spacial score (nSPS) is 19.4. The minimum Gasteiger partial charge on any atom is -0.206 e. The molecule has 0 bridgehead atoms. The molecule has 0 spiro atoms. The van der Waals surface area contributed by atoms with Gasteiger partial charge >= 0.3 is 0 Å². The second-order valence-corrected chi connectivity index (χ2v) is 8.52. The molecule has 0 N–H and O–H groups in total. The summed E-state index contributed by atoms with van der Waals surface area (Å²) in [6.07, 6.45) is 6.67. The van der Waals surface area contributed by atoms with Crippen molar-refractivity contribution in [2.45, 2.75) is 57.8 Å². The van der Waals surface area contributed by atoms with Gasteiger partial charge in [0, 0.05) is 5.39 Å². The van der Waals surface area contributed by atoms with Gasteiger partial charge in [-0.15, -0.1) is 0 Å². The van der Waals surface area contributed by atoms with Crippen molar-refractivity contribution in [1.82, 2.24) is 0 Å². The third kappa shape index (κ3) is 4.23. The Bertz CT molecular complexity index is 1030. The molecule has 4 rings (SSSR count). The average molecular weight is 414 g/mol. The van der Waals surface area contributed by atoms with Crippen LogP contribution in [0.3, 0.4) is 0 Å². The van der Waals surface area contributed by atoms with E-state index in [0.29, 0.717) is 22.4 Å². The van der Waals surface area contributed by atoms with Gasteiger partial charge in [-0.1, -0.05) is 43.7 Å². The Kier molecular flexibility index (Phi) is 6.12. The molecular formula is C26H26F4. The molecule has 30 heavy (non-hydrogen) atoms. The molecule has 4 heteroatoms. The maximum Gasteiger partial charge on any atom is 0.194 e. The largest absolute Gasteiger partial charge is 0.206 e. The van der Waals surface area contributed by atoms with Gasteiger partial charge in [-0.3, -0.25) is 0 Å². The van der Waals surface area contributed by atoms with E-state index < -0.39 is 17.5 Å². The van der Waals surface area contributed by atoms with Crippen LogP contribution in [0.5, 0.6) is 0 Å². The van der Waals surface area contributed by atoms with E-state index in [9.17, 15) is 13.2 Å². The van der Waals surface area contributed by atoms with E-state index in [1.165, 1.54) is 37.7 Å². The summed E-state index contributed by atoms with van der Waals surface area (Å²) in [5, 5.41) is 1.44. The SMILES string of the molecule is CCC1CCC(c2ccc3c(F)c(CCc4cc(F)c(F)c(F)c4)ccc3c2)CC1. The van der Waals surface area contributed by atoms with Crippen LogP contribution in [0.4, 0.5) is 17.6 Å². The molecular weight excluding hydrogens is 388 g/mol. The van der Waals surface area contributed by atoms with E-state index in [1.807, 2.05) is 18.2 Å². The van der Waals surface area contributed by atoms with Crippen LogP contribution in [0.15, 0.2) is 42.5 Å². The van der Waals surface area contributed by atoms with Crippen LogP contribution in [0, 0.1) is 29.2 Å². The predicted molar refractivity (Wildman–Crippen MR) is 113 cm³/mol. The molecule has 0 aromatic heterocycles. The number of hydrogen-bond donors (Lipinski definition) is 0. The van der Waals surface area contributed by atoms with E-state index in [0.717, 1.165) is 23.4 Å². The summed E-state index contributed by atoms with van der Waals surface area (Å²) < 4.78 is 55.0. The van der Waals surface area contributed by atoms with Crippen molar-refractivity contribution < 1.29 is 17.6 Å². The molecule has 0 heterocycles. The van der Waals surface area contributed by atoms with Crippen LogP contribution in [0.25, 0.3) is 10.8 Å². The Hall–Kier alpha value is -2.36. The predicted octanol–water partition coefficient (Wildman–Crippen LogP) is 7.87. The van der Waals surface area contributed by atoms with Crippen LogP contribution >= 0.6 is 0 Å². The van der Waals surface area contributed by atoms with Crippen LogP contribution in [0.1, 0.15) is 61.6 Å². The Morgan fingerprint density at radius 2 is 1.47 bits per heavy atom. The molecule has 158 valence electrons. The Balaban J connectivity index is 1.51. The highest BCUT2D eigenvalue weighted by Gasteiger charge is 2.21. The number of aryl methyl sites for hydroxylation is 2. The molecule has 3 aromatic carbocycles. The van der Waals surface area contributed by atoms with Crippen molar-refractivity contribution >= 4 is 10.8 Å². The van der Waals surface area contributed by atoms with E-state index in [-0.39, 0.29) is 18.7 Å². The lowest BCUT2D eigenvalue weighted by atomic mass is 9.77. The first-order valence-electron chi connectivity index (χ1n) is 10.8. The zero-order valence-corrected chi connectivity index (χ0v) is 17.2. The highest BCUT2D eigenvalue weighted by atomic mass is 19.2. The van der Waals surface area contributed by atoms with Crippen LogP contribution in [0.2, 0.25) is 0 Å². The lowest BCUT2D eigenvalue weighted by Crippen LogP contribution is -2.12. The first kappa shape index (κ1) is 20.9. The number of fused-ring (bicyclic) bond motifs is 1. The summed E-state index contributed by atoms with van der Waals surface area (Å²) in [7, 11) is 0. The molecule has 0 saturated heterocycles. The molecule has 1 aliphatic carbocycles. The molecule has 1 fully saturated rings. The van der Waals surface area contributed by atoms with Crippen LogP contribution < -0.4 is 0 Å². The smallest absolute Gasteiger partial charge is 0.194 e. The quantitative estimate of drug-likeness (QED) is 0.294. The molecule has 0 radical (unpaired) electrons. The fourth-order valence-electron chi connectivity index (χ4n) is 4.74. The fourth-order valence-corrected chi connectivity index (χ4v) is 4.74. The summed E-state index contributed by atoms with van der Waals surface area (Å²) in [4.78, 5) is 0. The first-order chi connectivity index (χ1) is 14.5. The molecule has 0 unspecified atom stereocenters. The summed E-state index contributed by atoms with van der Waals surface area (Å²) >= 11 is 0. The van der Waals surface area contributed by atoms with Crippen LogP contribution in [-0.2, 0) is 12.8 Å². The van der Waals surface area contributed by atoms with Gasteiger partial charge in [0.25, 0.3) is 0 Å². The standard InChI is InChI=1S/C26H26F4/c1-2-16-3-6-18(7-4-16)20-11-12-22-21(15-20)10-9-19(25(22)29)8-5-17-13-23(27)26(30)24(28)14-17/h9-16,18H,2-8H2,1H3. The van der Waals surface area contributed by atoms with Crippen molar-refractivity contribution in [3.8, 4) is 0 Å². The molecule has 3 aromatic rings. The van der Waals surface area contributed by atoms with E-state index in [2.05, 4.69) is 13.0 Å². The van der Waals surface area contributed by atoms with Crippen molar-refractivity contribution in [2.75, 3.05) is 0 Å². The van der Waals surface area contributed by atoms with Crippen molar-refractivity contribution in [3.63, 3.8) is 0 Å². The molecule has 0 nitrogen and oxygen atoms in total. The zero-order valence-electron chi connectivity index (χ0n) is 17.2. The van der Waals surface area contributed by atoms with Crippen molar-refractivity contribution in [3.05, 3.63) is 82.4 Å². The third-order valence-corrected chi connectivity index (χ3v) is 6.68. The summed E-state index contributed by atoms with van der Waals surface area (Å²) in [5.74, 6) is -2.83. The van der Waals surface area contributed by atoms with E-state index >= 15 is 4.39 Å². The summed E-state index contributed by atoms with van der Waals surface area (Å²) in [6.45, 7) is 2.25. The summed E-state index contributed by atoms with van der Waals surface area (Å²) in [5.41, 5.74) is 2.08. The lowest BCUT2D eigenvalue weighted by molar-refractivity contribution is 0.319. The summed E-state index contributed by atoms with van der Waals surface area (Å²) in [6, 6.07) is 11.6. The van der Waals surface area contributed by atoms with E-state index in [4.69, 9.17) is 0 Å². The van der Waals surface area contributed by atoms with Gasteiger partial charge in [-0.2, -0.15) is 0 Å². The van der Waals surface area contributed by atoms with Gasteiger partial charge in [0.05, 0.1) is 0 Å². The lowest BCUT2D eigenvalue weighted by Gasteiger charge is -2.28. The maximum atomic E-state index is 15.1. The van der Waals surface area contributed by atoms with Gasteiger partial charge in [-0.05, 0) is 84.6 Å². The minimum absolute atomic E-state index is 0.231.